The number of aliphatic hydroxyl groups is 1. The van der Waals surface area contributed by atoms with Gasteiger partial charge in [0.1, 0.15) is 6.61 Å². The molecule has 2 aliphatic rings. The van der Waals surface area contributed by atoms with Crippen LogP contribution in [0.3, 0.4) is 0 Å². The van der Waals surface area contributed by atoms with Crippen molar-refractivity contribution in [3.63, 3.8) is 0 Å². The van der Waals surface area contributed by atoms with E-state index >= 15 is 0 Å². The number of aromatic nitrogens is 1. The summed E-state index contributed by atoms with van der Waals surface area (Å²) >= 11 is 0. The monoisotopic (exact) mass is 557 g/mol. The lowest BCUT2D eigenvalue weighted by molar-refractivity contribution is -0.150. The third-order valence-corrected chi connectivity index (χ3v) is 8.28. The number of benzene rings is 2. The number of nitrogens with zero attached hydrogens (tertiary/aromatic N) is 1. The average molecular weight is 558 g/mol. The molecule has 2 aliphatic heterocycles. The fourth-order valence-electron chi connectivity index (χ4n) is 5.98. The second-order valence-electron chi connectivity index (χ2n) is 11.2. The van der Waals surface area contributed by atoms with Gasteiger partial charge in [0.2, 0.25) is 11.8 Å². The highest BCUT2D eigenvalue weighted by molar-refractivity contribution is 5.87. The van der Waals surface area contributed by atoms with Crippen molar-refractivity contribution in [2.75, 3.05) is 19.8 Å². The van der Waals surface area contributed by atoms with Crippen LogP contribution in [0.5, 0.6) is 0 Å². The zero-order valence-corrected chi connectivity index (χ0v) is 23.3. The van der Waals surface area contributed by atoms with E-state index in [1.807, 2.05) is 72.9 Å². The van der Waals surface area contributed by atoms with Crippen LogP contribution in [0.15, 0.2) is 72.9 Å². The molecule has 0 aliphatic carbocycles. The summed E-state index contributed by atoms with van der Waals surface area (Å²) in [7, 11) is 0. The van der Waals surface area contributed by atoms with Crippen LogP contribution >= 0.6 is 0 Å². The number of cyclic esters (lactones) is 1. The van der Waals surface area contributed by atoms with Gasteiger partial charge in [0.05, 0.1) is 30.5 Å². The van der Waals surface area contributed by atoms with Crippen molar-refractivity contribution in [3.8, 4) is 0 Å². The molecule has 2 amide bonds. The van der Waals surface area contributed by atoms with E-state index in [-0.39, 0.29) is 49.4 Å². The summed E-state index contributed by atoms with van der Waals surface area (Å²) in [5.74, 6) is -1.54. The molecule has 5 rings (SSSR count). The van der Waals surface area contributed by atoms with Gasteiger partial charge in [0.15, 0.2) is 0 Å². The van der Waals surface area contributed by atoms with Gasteiger partial charge in [-0.25, -0.2) is 0 Å². The number of carbonyl (C=O) groups is 3. The van der Waals surface area contributed by atoms with Gasteiger partial charge < -0.3 is 25.0 Å². The van der Waals surface area contributed by atoms with Gasteiger partial charge in [-0.05, 0) is 55.7 Å². The van der Waals surface area contributed by atoms with E-state index in [4.69, 9.17) is 4.74 Å². The van der Waals surface area contributed by atoms with E-state index in [1.54, 1.807) is 4.90 Å². The van der Waals surface area contributed by atoms with Crippen molar-refractivity contribution < 1.29 is 24.2 Å². The quantitative estimate of drug-likeness (QED) is 0.301. The number of hydrogen-bond acceptors (Lipinski definition) is 5. The molecule has 1 saturated heterocycles. The minimum Gasteiger partial charge on any atom is -0.463 e. The number of ether oxygens (including phenoxy) is 1. The molecule has 4 atom stereocenters. The molecule has 1 fully saturated rings. The Kier molecular flexibility index (Phi) is 9.51. The number of nitrogens with one attached hydrogen (secondary N) is 2. The van der Waals surface area contributed by atoms with Gasteiger partial charge in [-0.15, -0.1) is 0 Å². The SMILES string of the molecule is O=C1N[C@@H](Cc2c[nH]c3ccccc23)COC(=O)[C@H](Cc2ccccc2)CC=CC[C@@H]1CC(=O)N1CCC[C@H]1CO. The maximum Gasteiger partial charge on any atom is 0.309 e. The number of carbonyl (C=O) groups excluding carboxylic acids is 3. The van der Waals surface area contributed by atoms with E-state index in [9.17, 15) is 19.5 Å². The summed E-state index contributed by atoms with van der Waals surface area (Å²) in [6.07, 6.45) is 9.38. The van der Waals surface area contributed by atoms with Crippen molar-refractivity contribution >= 4 is 28.7 Å². The van der Waals surface area contributed by atoms with Gasteiger partial charge in [-0.1, -0.05) is 60.7 Å². The number of likely N-dealkylation sites (tertiary alicyclic amines) is 1. The molecule has 1 aromatic heterocycles. The number of fused-ring (bicyclic) bond motifs is 1. The van der Waals surface area contributed by atoms with Crippen molar-refractivity contribution in [2.24, 2.45) is 11.8 Å². The number of allylic oxidation sites excluding steroid dienone is 2. The van der Waals surface area contributed by atoms with E-state index in [0.717, 1.165) is 34.9 Å². The predicted octanol–water partition coefficient (Wildman–Crippen LogP) is 3.94. The van der Waals surface area contributed by atoms with Crippen LogP contribution in [-0.4, -0.2) is 64.6 Å². The molecule has 41 heavy (non-hydrogen) atoms. The first-order valence-corrected chi connectivity index (χ1v) is 14.6. The summed E-state index contributed by atoms with van der Waals surface area (Å²) in [6.45, 7) is 0.580. The van der Waals surface area contributed by atoms with Crippen LogP contribution < -0.4 is 5.32 Å². The number of aliphatic hydroxyl groups excluding tert-OH is 1. The topological polar surface area (TPSA) is 112 Å². The fraction of sp³-hybridized carbons (Fsp3) is 0.424. The highest BCUT2D eigenvalue weighted by Crippen LogP contribution is 2.24. The first-order valence-electron chi connectivity index (χ1n) is 14.6. The molecule has 0 bridgehead atoms. The maximum absolute atomic E-state index is 13.6. The molecule has 0 saturated carbocycles. The third-order valence-electron chi connectivity index (χ3n) is 8.28. The van der Waals surface area contributed by atoms with Gasteiger partial charge in [-0.2, -0.15) is 0 Å². The lowest BCUT2D eigenvalue weighted by Crippen LogP contribution is -2.45. The number of hydrogen-bond donors (Lipinski definition) is 3. The predicted molar refractivity (Wildman–Crippen MR) is 157 cm³/mol. The Bertz CT molecular complexity index is 1370. The normalized spacial score (nSPS) is 24.0. The van der Waals surface area contributed by atoms with Crippen LogP contribution in [-0.2, 0) is 32.0 Å². The molecule has 3 aromatic rings. The largest absolute Gasteiger partial charge is 0.463 e. The fourth-order valence-corrected chi connectivity index (χ4v) is 5.98. The van der Waals surface area contributed by atoms with Crippen LogP contribution in [0.1, 0.15) is 43.2 Å². The Balaban J connectivity index is 1.37. The van der Waals surface area contributed by atoms with Gasteiger partial charge in [0, 0.05) is 30.1 Å². The summed E-state index contributed by atoms with van der Waals surface area (Å²) in [5.41, 5.74) is 3.08. The molecule has 0 radical (unpaired) electrons. The molecule has 0 unspecified atom stereocenters. The first kappa shape index (κ1) is 28.6. The number of aromatic amines is 1. The Morgan fingerprint density at radius 1 is 0.976 bits per heavy atom. The summed E-state index contributed by atoms with van der Waals surface area (Å²) in [6, 6.07) is 17.2. The lowest BCUT2D eigenvalue weighted by Gasteiger charge is -2.27. The van der Waals surface area contributed by atoms with Gasteiger partial charge in [0.25, 0.3) is 0 Å². The molecule has 3 N–H and O–H groups in total. The minimum atomic E-state index is -0.563. The van der Waals surface area contributed by atoms with E-state index in [2.05, 4.69) is 10.3 Å². The molecule has 0 spiro atoms. The Morgan fingerprint density at radius 3 is 2.54 bits per heavy atom. The smallest absolute Gasteiger partial charge is 0.309 e. The standard InChI is InChI=1S/C33H39N3O5/c37-21-28-13-8-16-36(28)31(38)19-24-11-4-5-12-25(17-23-9-2-1-3-10-23)33(40)41-22-27(35-32(24)39)18-26-20-34-30-15-7-6-14-29(26)30/h1-7,9-10,14-15,20,24-25,27-28,34,37H,8,11-13,16-19,21-22H2,(H,35,39)/t24-,25+,27+,28+/m1/s1. The molecule has 3 heterocycles. The Hall–Kier alpha value is -3.91. The van der Waals surface area contributed by atoms with E-state index in [1.165, 1.54) is 0 Å². The van der Waals surface area contributed by atoms with Crippen LogP contribution in [0.2, 0.25) is 0 Å². The van der Waals surface area contributed by atoms with Crippen molar-refractivity contribution in [1.82, 2.24) is 15.2 Å². The van der Waals surface area contributed by atoms with E-state index < -0.39 is 12.0 Å². The second-order valence-corrected chi connectivity index (χ2v) is 11.2. The zero-order chi connectivity index (χ0) is 28.6. The number of para-hydroxylation sites is 1. The summed E-state index contributed by atoms with van der Waals surface area (Å²) in [4.78, 5) is 45.1. The van der Waals surface area contributed by atoms with Gasteiger partial charge in [-0.3, -0.25) is 14.4 Å². The number of H-pyrrole nitrogens is 1. The highest BCUT2D eigenvalue weighted by atomic mass is 16.5. The number of esters is 1. The molecular formula is C33H39N3O5. The molecule has 2 aromatic carbocycles. The number of amides is 2. The number of rotatable bonds is 7. The van der Waals surface area contributed by atoms with Crippen LogP contribution in [0.25, 0.3) is 10.9 Å². The van der Waals surface area contributed by atoms with Crippen molar-refractivity contribution in [2.45, 2.75) is 57.0 Å². The molecule has 8 heteroatoms. The lowest BCUT2D eigenvalue weighted by atomic mass is 9.94. The highest BCUT2D eigenvalue weighted by Gasteiger charge is 2.32. The Morgan fingerprint density at radius 2 is 1.73 bits per heavy atom. The maximum atomic E-state index is 13.6. The molecule has 8 nitrogen and oxygen atoms in total. The van der Waals surface area contributed by atoms with Gasteiger partial charge >= 0.3 is 5.97 Å². The summed E-state index contributed by atoms with van der Waals surface area (Å²) in [5, 5.41) is 13.9. The average Bonchev–Trinajstić information content (AvgIpc) is 3.64. The molecule has 216 valence electrons. The first-order chi connectivity index (χ1) is 20.0. The third kappa shape index (κ3) is 7.24. The van der Waals surface area contributed by atoms with Crippen LogP contribution in [0.4, 0.5) is 0 Å². The van der Waals surface area contributed by atoms with E-state index in [0.29, 0.717) is 32.2 Å². The summed E-state index contributed by atoms with van der Waals surface area (Å²) < 4.78 is 5.85. The van der Waals surface area contributed by atoms with Crippen molar-refractivity contribution in [3.05, 3.63) is 84.1 Å². The zero-order valence-electron chi connectivity index (χ0n) is 23.3. The molecular weight excluding hydrogens is 518 g/mol. The second kappa shape index (κ2) is 13.6. The Labute approximate surface area is 240 Å². The van der Waals surface area contributed by atoms with Crippen molar-refractivity contribution in [1.29, 1.82) is 0 Å². The minimum absolute atomic E-state index is 0.0401. The van der Waals surface area contributed by atoms with Crippen LogP contribution in [0, 0.1) is 11.8 Å².